The molecule has 2 aromatic rings. The van der Waals surface area contributed by atoms with Crippen LogP contribution in [0.1, 0.15) is 47.8 Å². The predicted octanol–water partition coefficient (Wildman–Crippen LogP) is 2.77. The van der Waals surface area contributed by atoms with Crippen molar-refractivity contribution in [3.05, 3.63) is 54.1 Å². The first kappa shape index (κ1) is 16.3. The average molecular weight is 338 g/mol. The van der Waals surface area contributed by atoms with Crippen molar-refractivity contribution in [1.82, 2.24) is 19.8 Å². The number of carbonyl (C=O) groups is 1. The van der Waals surface area contributed by atoms with Crippen molar-refractivity contribution >= 4 is 5.91 Å². The topological polar surface area (TPSA) is 50.2 Å². The van der Waals surface area contributed by atoms with Crippen molar-refractivity contribution in [3.63, 3.8) is 0 Å². The lowest BCUT2D eigenvalue weighted by atomic mass is 9.66. The summed E-state index contributed by atoms with van der Waals surface area (Å²) in [6.07, 6.45) is 8.23. The number of piperidine rings is 2. The normalized spacial score (nSPS) is 27.2. The van der Waals surface area contributed by atoms with E-state index in [4.69, 9.17) is 0 Å². The van der Waals surface area contributed by atoms with Crippen LogP contribution in [0.2, 0.25) is 0 Å². The van der Waals surface area contributed by atoms with E-state index >= 15 is 0 Å². The SMILES string of the molecule is CN1CC2CCC1(C(NC(=O)c1cn(C)cn1)c1ccccc1)CC2. The molecule has 1 unspecified atom stereocenters. The van der Waals surface area contributed by atoms with Crippen LogP contribution in [0.25, 0.3) is 0 Å². The van der Waals surface area contributed by atoms with Gasteiger partial charge in [0.15, 0.2) is 0 Å². The molecular formula is C20H26N4O. The van der Waals surface area contributed by atoms with E-state index in [1.54, 1.807) is 12.5 Å². The molecular weight excluding hydrogens is 312 g/mol. The zero-order valence-corrected chi connectivity index (χ0v) is 15.0. The van der Waals surface area contributed by atoms with Gasteiger partial charge in [-0.3, -0.25) is 9.69 Å². The molecule has 5 rings (SSSR count). The molecule has 2 aliphatic heterocycles. The molecule has 132 valence electrons. The summed E-state index contributed by atoms with van der Waals surface area (Å²) in [5, 5.41) is 3.32. The van der Waals surface area contributed by atoms with E-state index in [-0.39, 0.29) is 17.5 Å². The van der Waals surface area contributed by atoms with Gasteiger partial charge >= 0.3 is 0 Å². The smallest absolute Gasteiger partial charge is 0.272 e. The van der Waals surface area contributed by atoms with Crippen LogP contribution in [-0.2, 0) is 7.05 Å². The van der Waals surface area contributed by atoms with Crippen LogP contribution in [0.3, 0.4) is 0 Å². The van der Waals surface area contributed by atoms with Crippen molar-refractivity contribution in [3.8, 4) is 0 Å². The largest absolute Gasteiger partial charge is 0.342 e. The highest BCUT2D eigenvalue weighted by molar-refractivity contribution is 5.92. The van der Waals surface area contributed by atoms with E-state index in [9.17, 15) is 4.79 Å². The first-order valence-electron chi connectivity index (χ1n) is 9.13. The van der Waals surface area contributed by atoms with Crippen molar-refractivity contribution in [2.45, 2.75) is 37.3 Å². The van der Waals surface area contributed by atoms with Gasteiger partial charge in [-0.2, -0.15) is 0 Å². The molecule has 1 atom stereocenters. The highest BCUT2D eigenvalue weighted by Crippen LogP contribution is 2.48. The molecule has 1 aliphatic carbocycles. The molecule has 3 fully saturated rings. The van der Waals surface area contributed by atoms with Gasteiger partial charge < -0.3 is 9.88 Å². The number of amides is 1. The Balaban J connectivity index is 1.68. The number of nitrogens with zero attached hydrogens (tertiary/aromatic N) is 3. The number of aryl methyl sites for hydroxylation is 1. The molecule has 5 nitrogen and oxygen atoms in total. The van der Waals surface area contributed by atoms with E-state index in [0.717, 1.165) is 25.3 Å². The van der Waals surface area contributed by atoms with Gasteiger partial charge in [-0.25, -0.2) is 4.98 Å². The molecule has 2 bridgehead atoms. The number of aromatic nitrogens is 2. The predicted molar refractivity (Wildman–Crippen MR) is 97.2 cm³/mol. The average Bonchev–Trinajstić information content (AvgIpc) is 3.08. The third-order valence-electron chi connectivity index (χ3n) is 6.15. The Kier molecular flexibility index (Phi) is 4.12. The summed E-state index contributed by atoms with van der Waals surface area (Å²) in [4.78, 5) is 19.6. The maximum Gasteiger partial charge on any atom is 0.272 e. The van der Waals surface area contributed by atoms with Crippen LogP contribution >= 0.6 is 0 Å². The molecule has 1 N–H and O–H groups in total. The minimum Gasteiger partial charge on any atom is -0.342 e. The third kappa shape index (κ3) is 2.86. The summed E-state index contributed by atoms with van der Waals surface area (Å²) in [6.45, 7) is 1.13. The monoisotopic (exact) mass is 338 g/mol. The number of carbonyl (C=O) groups excluding carboxylic acids is 1. The van der Waals surface area contributed by atoms with Gasteiger partial charge in [0.2, 0.25) is 0 Å². The lowest BCUT2D eigenvalue weighted by Gasteiger charge is -2.57. The Morgan fingerprint density at radius 3 is 2.56 bits per heavy atom. The molecule has 1 aromatic carbocycles. The number of rotatable bonds is 4. The van der Waals surface area contributed by atoms with Crippen LogP contribution in [0.5, 0.6) is 0 Å². The summed E-state index contributed by atoms with van der Waals surface area (Å²) < 4.78 is 1.81. The highest BCUT2D eigenvalue weighted by Gasteiger charge is 2.50. The first-order valence-corrected chi connectivity index (χ1v) is 9.13. The number of hydrogen-bond acceptors (Lipinski definition) is 3. The standard InChI is InChI=1S/C20H26N4O/c1-23-13-17(21-14-23)19(25)22-18(16-6-4-3-5-7-16)20-10-8-15(9-11-20)12-24(20)2/h3-7,13-15,18H,8-12H2,1-2H3,(H,22,25). The summed E-state index contributed by atoms with van der Waals surface area (Å²) in [5.41, 5.74) is 1.66. The summed E-state index contributed by atoms with van der Waals surface area (Å²) >= 11 is 0. The minimum absolute atomic E-state index is 0.000539. The van der Waals surface area contributed by atoms with Gasteiger partial charge in [-0.15, -0.1) is 0 Å². The second-order valence-corrected chi connectivity index (χ2v) is 7.67. The second kappa shape index (κ2) is 6.30. The quantitative estimate of drug-likeness (QED) is 0.933. The van der Waals surface area contributed by atoms with E-state index < -0.39 is 0 Å². The lowest BCUT2D eigenvalue weighted by Crippen LogP contribution is -2.62. The number of hydrogen-bond donors (Lipinski definition) is 1. The fourth-order valence-electron chi connectivity index (χ4n) is 4.73. The van der Waals surface area contributed by atoms with Gasteiger partial charge in [0.25, 0.3) is 5.91 Å². The Labute approximate surface area is 149 Å². The zero-order valence-electron chi connectivity index (χ0n) is 15.0. The van der Waals surface area contributed by atoms with Crippen molar-refractivity contribution in [2.24, 2.45) is 13.0 Å². The van der Waals surface area contributed by atoms with E-state index in [0.29, 0.717) is 5.69 Å². The highest BCUT2D eigenvalue weighted by atomic mass is 16.2. The molecule has 25 heavy (non-hydrogen) atoms. The van der Waals surface area contributed by atoms with Crippen molar-refractivity contribution in [2.75, 3.05) is 13.6 Å². The molecule has 0 spiro atoms. The van der Waals surface area contributed by atoms with Crippen LogP contribution in [0.4, 0.5) is 0 Å². The molecule has 3 heterocycles. The van der Waals surface area contributed by atoms with Crippen molar-refractivity contribution in [1.29, 1.82) is 0 Å². The molecule has 3 aliphatic rings. The first-order chi connectivity index (χ1) is 12.1. The Hall–Kier alpha value is -2.14. The number of likely N-dealkylation sites (N-methyl/N-ethyl adjacent to an activating group) is 1. The van der Waals surface area contributed by atoms with Crippen LogP contribution < -0.4 is 5.32 Å². The number of nitrogens with one attached hydrogen (secondary N) is 1. The fraction of sp³-hybridized carbons (Fsp3) is 0.500. The van der Waals surface area contributed by atoms with Gasteiger partial charge in [0, 0.05) is 25.3 Å². The summed E-state index contributed by atoms with van der Waals surface area (Å²) in [6, 6.07) is 10.4. The maximum atomic E-state index is 12.9. The Morgan fingerprint density at radius 1 is 1.24 bits per heavy atom. The number of imidazole rings is 1. The van der Waals surface area contributed by atoms with E-state index in [1.807, 2.05) is 17.7 Å². The van der Waals surface area contributed by atoms with E-state index in [1.165, 1.54) is 18.4 Å². The molecule has 0 radical (unpaired) electrons. The fourth-order valence-corrected chi connectivity index (χ4v) is 4.73. The third-order valence-corrected chi connectivity index (χ3v) is 6.15. The molecule has 1 aromatic heterocycles. The van der Waals surface area contributed by atoms with Gasteiger partial charge in [0.1, 0.15) is 5.69 Å². The lowest BCUT2D eigenvalue weighted by molar-refractivity contribution is -0.0404. The molecule has 1 saturated carbocycles. The minimum atomic E-state index is -0.0927. The summed E-state index contributed by atoms with van der Waals surface area (Å²) in [5.74, 6) is 0.722. The molecule has 1 amide bonds. The maximum absolute atomic E-state index is 12.9. The van der Waals surface area contributed by atoms with Gasteiger partial charge in [0.05, 0.1) is 12.4 Å². The molecule has 5 heteroatoms. The molecule has 2 saturated heterocycles. The van der Waals surface area contributed by atoms with Crippen LogP contribution in [0.15, 0.2) is 42.9 Å². The second-order valence-electron chi connectivity index (χ2n) is 7.67. The Morgan fingerprint density at radius 2 is 1.96 bits per heavy atom. The van der Waals surface area contributed by atoms with Crippen molar-refractivity contribution < 1.29 is 4.79 Å². The van der Waals surface area contributed by atoms with Gasteiger partial charge in [-0.1, -0.05) is 30.3 Å². The zero-order chi connectivity index (χ0) is 17.4. The summed E-state index contributed by atoms with van der Waals surface area (Å²) in [7, 11) is 4.10. The Bertz CT molecular complexity index is 746. The van der Waals surface area contributed by atoms with Crippen LogP contribution in [0, 0.1) is 5.92 Å². The number of fused-ring (bicyclic) bond motifs is 3. The van der Waals surface area contributed by atoms with Crippen LogP contribution in [-0.4, -0.2) is 39.5 Å². The van der Waals surface area contributed by atoms with E-state index in [2.05, 4.69) is 46.5 Å². The van der Waals surface area contributed by atoms with Gasteiger partial charge in [-0.05, 0) is 44.2 Å². The number of benzene rings is 1.